The topological polar surface area (TPSA) is 57.0 Å². The Morgan fingerprint density at radius 1 is 1.16 bits per heavy atom. The van der Waals surface area contributed by atoms with Crippen molar-refractivity contribution in [1.82, 2.24) is 9.78 Å². The molecule has 0 bridgehead atoms. The molecule has 0 fully saturated rings. The number of aryl methyl sites for hydroxylation is 1. The third kappa shape index (κ3) is 2.29. The van der Waals surface area contributed by atoms with E-state index in [4.69, 9.17) is 10.2 Å². The maximum atomic E-state index is 6.00. The zero-order valence-corrected chi connectivity index (χ0v) is 11.9. The second-order valence-corrected chi connectivity index (χ2v) is 5.18. The summed E-state index contributed by atoms with van der Waals surface area (Å²) < 4.78 is 8.33. The van der Waals surface area contributed by atoms with E-state index in [1.165, 1.54) is 0 Å². The number of nitrogens with zero attached hydrogens (tertiary/aromatic N) is 2. The molecule has 0 atom stereocenters. The van der Waals surface area contributed by atoms with Crippen molar-refractivity contribution in [2.24, 2.45) is 0 Å². The van der Waals surface area contributed by atoms with Crippen molar-refractivity contribution in [3.05, 3.63) is 52.8 Å². The van der Waals surface area contributed by atoms with Crippen LogP contribution >= 0.6 is 15.9 Å². The van der Waals surface area contributed by atoms with Crippen LogP contribution in [0.1, 0.15) is 5.76 Å². The highest BCUT2D eigenvalue weighted by molar-refractivity contribution is 9.10. The van der Waals surface area contributed by atoms with E-state index in [9.17, 15) is 0 Å². The van der Waals surface area contributed by atoms with Crippen LogP contribution in [0.4, 0.5) is 5.69 Å². The Balaban J connectivity index is 2.04. The Kier molecular flexibility index (Phi) is 2.91. The quantitative estimate of drug-likeness (QED) is 0.782. The zero-order valence-electron chi connectivity index (χ0n) is 10.3. The molecule has 3 rings (SSSR count). The summed E-state index contributed by atoms with van der Waals surface area (Å²) in [4.78, 5) is 0. The van der Waals surface area contributed by atoms with Gasteiger partial charge in [0, 0.05) is 4.47 Å². The van der Waals surface area contributed by atoms with Gasteiger partial charge in [0.25, 0.3) is 0 Å². The van der Waals surface area contributed by atoms with Crippen LogP contribution in [0.15, 0.2) is 51.5 Å². The van der Waals surface area contributed by atoms with Crippen molar-refractivity contribution in [3.8, 4) is 17.1 Å². The molecular weight excluding hydrogens is 306 g/mol. The summed E-state index contributed by atoms with van der Waals surface area (Å²) >= 11 is 3.41. The van der Waals surface area contributed by atoms with Crippen LogP contribution in [-0.4, -0.2) is 9.78 Å². The Hall–Kier alpha value is -2.01. The molecule has 0 aliphatic carbocycles. The van der Waals surface area contributed by atoms with Crippen LogP contribution in [0, 0.1) is 6.92 Å². The third-order valence-electron chi connectivity index (χ3n) is 2.81. The van der Waals surface area contributed by atoms with E-state index in [2.05, 4.69) is 21.0 Å². The summed E-state index contributed by atoms with van der Waals surface area (Å²) in [6.45, 7) is 1.89. The molecule has 5 heteroatoms. The third-order valence-corrected chi connectivity index (χ3v) is 3.34. The van der Waals surface area contributed by atoms with Crippen molar-refractivity contribution < 1.29 is 4.42 Å². The average Bonchev–Trinajstić information content (AvgIpc) is 2.96. The fourth-order valence-corrected chi connectivity index (χ4v) is 2.13. The normalized spacial score (nSPS) is 10.8. The lowest BCUT2D eigenvalue weighted by atomic mass is 10.3. The molecule has 3 aromatic rings. The highest BCUT2D eigenvalue weighted by atomic mass is 79.9. The zero-order chi connectivity index (χ0) is 13.4. The lowest BCUT2D eigenvalue weighted by Gasteiger charge is -2.00. The SMILES string of the molecule is Cc1ccc(-c2nn(-c3ccc(Br)cc3)cc2N)o1. The maximum Gasteiger partial charge on any atom is 0.156 e. The standard InChI is InChI=1S/C14H12BrN3O/c1-9-2-7-13(19-9)14-12(16)8-18(17-14)11-5-3-10(15)4-6-11/h2-8H,16H2,1H3. The fraction of sp³-hybridized carbons (Fsp3) is 0.0714. The van der Waals surface area contributed by atoms with E-state index in [0.29, 0.717) is 17.1 Å². The summed E-state index contributed by atoms with van der Waals surface area (Å²) in [6.07, 6.45) is 1.79. The van der Waals surface area contributed by atoms with Crippen molar-refractivity contribution in [3.63, 3.8) is 0 Å². The fourth-order valence-electron chi connectivity index (χ4n) is 1.87. The molecule has 0 aliphatic rings. The first kappa shape index (κ1) is 12.0. The van der Waals surface area contributed by atoms with Crippen molar-refractivity contribution >= 4 is 21.6 Å². The van der Waals surface area contributed by atoms with E-state index in [-0.39, 0.29) is 0 Å². The smallest absolute Gasteiger partial charge is 0.156 e. The number of rotatable bonds is 2. The van der Waals surface area contributed by atoms with E-state index in [1.807, 2.05) is 43.3 Å². The number of furan rings is 1. The van der Waals surface area contributed by atoms with E-state index >= 15 is 0 Å². The highest BCUT2D eigenvalue weighted by Crippen LogP contribution is 2.27. The Labute approximate surface area is 119 Å². The largest absolute Gasteiger partial charge is 0.460 e. The van der Waals surface area contributed by atoms with Gasteiger partial charge in [-0.25, -0.2) is 4.68 Å². The molecule has 1 aromatic carbocycles. The van der Waals surface area contributed by atoms with Crippen LogP contribution in [0.25, 0.3) is 17.1 Å². The van der Waals surface area contributed by atoms with Gasteiger partial charge in [0.1, 0.15) is 5.76 Å². The summed E-state index contributed by atoms with van der Waals surface area (Å²) in [7, 11) is 0. The van der Waals surface area contributed by atoms with Gasteiger partial charge in [-0.2, -0.15) is 5.10 Å². The van der Waals surface area contributed by atoms with Gasteiger partial charge in [0.2, 0.25) is 0 Å². The average molecular weight is 318 g/mol. The number of nitrogens with two attached hydrogens (primary N) is 1. The number of nitrogen functional groups attached to an aromatic ring is 1. The minimum absolute atomic E-state index is 0.595. The van der Waals surface area contributed by atoms with E-state index in [0.717, 1.165) is 15.9 Å². The minimum atomic E-state index is 0.595. The van der Waals surface area contributed by atoms with Crippen LogP contribution < -0.4 is 5.73 Å². The summed E-state index contributed by atoms with van der Waals surface area (Å²) in [6, 6.07) is 11.6. The van der Waals surface area contributed by atoms with Crippen LogP contribution in [0.3, 0.4) is 0 Å². The van der Waals surface area contributed by atoms with Gasteiger partial charge in [0.05, 0.1) is 17.6 Å². The molecule has 0 radical (unpaired) electrons. The molecule has 19 heavy (non-hydrogen) atoms. The van der Waals surface area contributed by atoms with Gasteiger partial charge in [-0.1, -0.05) is 15.9 Å². The Morgan fingerprint density at radius 3 is 2.53 bits per heavy atom. The van der Waals surface area contributed by atoms with E-state index < -0.39 is 0 Å². The molecule has 2 aromatic heterocycles. The number of halogens is 1. The Morgan fingerprint density at radius 2 is 1.89 bits per heavy atom. The molecule has 0 spiro atoms. The number of hydrogen-bond donors (Lipinski definition) is 1. The van der Waals surface area contributed by atoms with Gasteiger partial charge < -0.3 is 10.2 Å². The van der Waals surface area contributed by atoms with Gasteiger partial charge in [0.15, 0.2) is 11.5 Å². The number of anilines is 1. The van der Waals surface area contributed by atoms with Crippen molar-refractivity contribution in [2.75, 3.05) is 5.73 Å². The van der Waals surface area contributed by atoms with Crippen LogP contribution in [0.2, 0.25) is 0 Å². The molecule has 0 amide bonds. The highest BCUT2D eigenvalue weighted by Gasteiger charge is 2.12. The molecule has 96 valence electrons. The van der Waals surface area contributed by atoms with Crippen molar-refractivity contribution in [2.45, 2.75) is 6.92 Å². The minimum Gasteiger partial charge on any atom is -0.460 e. The molecular formula is C14H12BrN3O. The molecule has 2 heterocycles. The predicted molar refractivity (Wildman–Crippen MR) is 78.1 cm³/mol. The first-order valence-electron chi connectivity index (χ1n) is 5.81. The molecule has 0 unspecified atom stereocenters. The summed E-state index contributed by atoms with van der Waals surface area (Å²) in [5.41, 5.74) is 8.20. The molecule has 0 saturated heterocycles. The molecule has 0 saturated carbocycles. The maximum absolute atomic E-state index is 6.00. The summed E-state index contributed by atoms with van der Waals surface area (Å²) in [5.74, 6) is 1.53. The number of hydrogen-bond acceptors (Lipinski definition) is 3. The van der Waals surface area contributed by atoms with Crippen LogP contribution in [0.5, 0.6) is 0 Å². The molecule has 2 N–H and O–H groups in total. The first-order chi connectivity index (χ1) is 9.13. The number of benzene rings is 1. The molecule has 0 aliphatic heterocycles. The van der Waals surface area contributed by atoms with Crippen molar-refractivity contribution in [1.29, 1.82) is 0 Å². The van der Waals surface area contributed by atoms with Gasteiger partial charge >= 0.3 is 0 Å². The first-order valence-corrected chi connectivity index (χ1v) is 6.61. The predicted octanol–water partition coefficient (Wildman–Crippen LogP) is 3.79. The van der Waals surface area contributed by atoms with Crippen LogP contribution in [-0.2, 0) is 0 Å². The molecule has 4 nitrogen and oxygen atoms in total. The van der Waals surface area contributed by atoms with Gasteiger partial charge in [-0.05, 0) is 43.3 Å². The lowest BCUT2D eigenvalue weighted by Crippen LogP contribution is -1.94. The Bertz CT molecular complexity index is 713. The summed E-state index contributed by atoms with van der Waals surface area (Å²) in [5, 5.41) is 4.48. The number of aromatic nitrogens is 2. The second-order valence-electron chi connectivity index (χ2n) is 4.26. The van der Waals surface area contributed by atoms with Gasteiger partial charge in [-0.3, -0.25) is 0 Å². The lowest BCUT2D eigenvalue weighted by molar-refractivity contribution is 0.546. The monoisotopic (exact) mass is 317 g/mol. The van der Waals surface area contributed by atoms with E-state index in [1.54, 1.807) is 10.9 Å². The second kappa shape index (κ2) is 4.59. The van der Waals surface area contributed by atoms with Gasteiger partial charge in [-0.15, -0.1) is 0 Å².